The van der Waals surface area contributed by atoms with Crippen molar-refractivity contribution in [2.24, 2.45) is 0 Å². The first-order valence-corrected chi connectivity index (χ1v) is 4.35. The maximum Gasteiger partial charge on any atom is 0.390 e. The molecule has 0 radical (unpaired) electrons. The van der Waals surface area contributed by atoms with Crippen molar-refractivity contribution in [3.05, 3.63) is 29.8 Å². The Hall–Kier alpha value is -1.66. The van der Waals surface area contributed by atoms with Gasteiger partial charge in [0.05, 0.1) is 12.0 Å². The molecule has 0 aliphatic heterocycles. The Labute approximate surface area is 88.5 Å². The van der Waals surface area contributed by atoms with Gasteiger partial charge in [0, 0.05) is 12.7 Å². The van der Waals surface area contributed by atoms with Crippen LogP contribution >= 0.6 is 0 Å². The van der Waals surface area contributed by atoms with E-state index in [0.29, 0.717) is 0 Å². The number of hydrogen-bond acceptors (Lipinski definition) is 2. The summed E-state index contributed by atoms with van der Waals surface area (Å²) in [6.07, 6.45) is -4.36. The largest absolute Gasteiger partial charge is 0.390 e. The average Bonchev–Trinajstić information content (AvgIpc) is 2.16. The van der Waals surface area contributed by atoms with Gasteiger partial charge < -0.3 is 5.32 Å². The number of aromatic nitrogens is 1. The molecule has 0 saturated carbocycles. The number of amides is 1. The topological polar surface area (TPSA) is 42.0 Å². The number of carbonyl (C=O) groups is 1. The number of carbonyl (C=O) groups excluding carboxylic acids is 1. The molecule has 1 N–H and O–H groups in total. The molecule has 1 amide bonds. The molecule has 0 spiro atoms. The fraction of sp³-hybridized carbons (Fsp3) is 0.333. The van der Waals surface area contributed by atoms with Gasteiger partial charge >= 0.3 is 6.18 Å². The van der Waals surface area contributed by atoms with Crippen LogP contribution in [0.4, 0.5) is 17.6 Å². The Morgan fingerprint density at radius 1 is 1.44 bits per heavy atom. The van der Waals surface area contributed by atoms with Crippen LogP contribution in [0.15, 0.2) is 18.3 Å². The van der Waals surface area contributed by atoms with Crippen molar-refractivity contribution in [2.75, 3.05) is 6.54 Å². The smallest absolute Gasteiger partial charge is 0.352 e. The number of hydrogen-bond donors (Lipinski definition) is 1. The van der Waals surface area contributed by atoms with Gasteiger partial charge in [0.15, 0.2) is 0 Å². The average molecular weight is 236 g/mol. The first-order chi connectivity index (χ1) is 7.40. The van der Waals surface area contributed by atoms with Gasteiger partial charge in [0.2, 0.25) is 5.95 Å². The summed E-state index contributed by atoms with van der Waals surface area (Å²) in [5.74, 6) is -1.91. The van der Waals surface area contributed by atoms with Crippen LogP contribution in [0.2, 0.25) is 0 Å². The molecule has 1 aromatic rings. The Morgan fingerprint density at radius 3 is 2.69 bits per heavy atom. The highest BCUT2D eigenvalue weighted by Gasteiger charge is 2.26. The van der Waals surface area contributed by atoms with Gasteiger partial charge in [-0.15, -0.1) is 0 Å². The summed E-state index contributed by atoms with van der Waals surface area (Å²) in [4.78, 5) is 14.4. The van der Waals surface area contributed by atoms with E-state index >= 15 is 0 Å². The van der Waals surface area contributed by atoms with Crippen molar-refractivity contribution in [1.82, 2.24) is 10.3 Å². The highest BCUT2D eigenvalue weighted by molar-refractivity contribution is 5.94. The summed E-state index contributed by atoms with van der Waals surface area (Å²) in [6.45, 7) is -0.587. The second-order valence-corrected chi connectivity index (χ2v) is 2.96. The van der Waals surface area contributed by atoms with Crippen LogP contribution in [0.25, 0.3) is 0 Å². The minimum atomic E-state index is -4.35. The lowest BCUT2D eigenvalue weighted by Gasteiger charge is -2.07. The van der Waals surface area contributed by atoms with E-state index in [4.69, 9.17) is 0 Å². The molecular formula is C9H8F4N2O. The van der Waals surface area contributed by atoms with Crippen LogP contribution in [-0.4, -0.2) is 23.6 Å². The third-order valence-corrected chi connectivity index (χ3v) is 1.70. The van der Waals surface area contributed by atoms with E-state index in [0.717, 1.165) is 12.3 Å². The molecule has 0 atom stereocenters. The van der Waals surface area contributed by atoms with E-state index in [-0.39, 0.29) is 5.56 Å². The molecule has 1 heterocycles. The van der Waals surface area contributed by atoms with Crippen molar-refractivity contribution in [1.29, 1.82) is 0 Å². The van der Waals surface area contributed by atoms with E-state index in [2.05, 4.69) is 4.98 Å². The molecule has 0 saturated heterocycles. The minimum absolute atomic E-state index is 0.371. The van der Waals surface area contributed by atoms with Gasteiger partial charge in [0.1, 0.15) is 0 Å². The lowest BCUT2D eigenvalue weighted by molar-refractivity contribution is -0.132. The van der Waals surface area contributed by atoms with E-state index in [1.54, 1.807) is 0 Å². The Balaban J connectivity index is 2.51. The van der Waals surface area contributed by atoms with Gasteiger partial charge in [-0.3, -0.25) is 4.79 Å². The Bertz CT molecular complexity index is 378. The fourth-order valence-electron chi connectivity index (χ4n) is 0.968. The molecule has 0 aromatic carbocycles. The van der Waals surface area contributed by atoms with Crippen LogP contribution in [0.1, 0.15) is 16.8 Å². The molecule has 1 aromatic heterocycles. The Kier molecular flexibility index (Phi) is 3.81. The molecule has 3 nitrogen and oxygen atoms in total. The molecule has 0 aliphatic carbocycles. The zero-order valence-electron chi connectivity index (χ0n) is 8.01. The van der Waals surface area contributed by atoms with Gasteiger partial charge in [-0.1, -0.05) is 0 Å². The highest BCUT2D eigenvalue weighted by atomic mass is 19.4. The number of alkyl halides is 3. The summed E-state index contributed by atoms with van der Waals surface area (Å²) in [5, 5.41) is 1.96. The van der Waals surface area contributed by atoms with Gasteiger partial charge in [0.25, 0.3) is 5.91 Å². The van der Waals surface area contributed by atoms with Crippen molar-refractivity contribution < 1.29 is 22.4 Å². The summed E-state index contributed by atoms with van der Waals surface area (Å²) in [5.41, 5.74) is -0.371. The first kappa shape index (κ1) is 12.4. The molecule has 1 rings (SSSR count). The molecule has 0 bridgehead atoms. The second kappa shape index (κ2) is 4.91. The summed E-state index contributed by atoms with van der Waals surface area (Å²) in [6, 6.07) is 2.47. The van der Waals surface area contributed by atoms with Gasteiger partial charge in [-0.25, -0.2) is 4.98 Å². The lowest BCUT2D eigenvalue weighted by Crippen LogP contribution is -2.28. The molecule has 16 heavy (non-hydrogen) atoms. The Morgan fingerprint density at radius 2 is 2.12 bits per heavy atom. The summed E-state index contributed by atoms with van der Waals surface area (Å²) in [7, 11) is 0. The first-order valence-electron chi connectivity index (χ1n) is 4.35. The number of nitrogens with zero attached hydrogens (tertiary/aromatic N) is 1. The van der Waals surface area contributed by atoms with Crippen molar-refractivity contribution in [3.63, 3.8) is 0 Å². The molecular weight excluding hydrogens is 228 g/mol. The number of pyridine rings is 1. The predicted molar refractivity (Wildman–Crippen MR) is 47.2 cm³/mol. The van der Waals surface area contributed by atoms with E-state index < -0.39 is 31.0 Å². The van der Waals surface area contributed by atoms with E-state index in [1.807, 2.05) is 5.32 Å². The summed E-state index contributed by atoms with van der Waals surface area (Å²) >= 11 is 0. The highest BCUT2D eigenvalue weighted by Crippen LogP contribution is 2.18. The van der Waals surface area contributed by atoms with Crippen molar-refractivity contribution >= 4 is 5.91 Å². The van der Waals surface area contributed by atoms with E-state index in [1.165, 1.54) is 6.07 Å². The maximum atomic E-state index is 12.9. The fourth-order valence-corrected chi connectivity index (χ4v) is 0.968. The number of rotatable bonds is 3. The predicted octanol–water partition coefficient (Wildman–Crippen LogP) is 1.90. The molecule has 88 valence electrons. The third kappa shape index (κ3) is 3.84. The number of halogens is 4. The minimum Gasteiger partial charge on any atom is -0.352 e. The van der Waals surface area contributed by atoms with Crippen LogP contribution in [0.5, 0.6) is 0 Å². The van der Waals surface area contributed by atoms with Gasteiger partial charge in [-0.05, 0) is 12.1 Å². The van der Waals surface area contributed by atoms with Crippen molar-refractivity contribution in [3.8, 4) is 0 Å². The van der Waals surface area contributed by atoms with Crippen molar-refractivity contribution in [2.45, 2.75) is 12.6 Å². The maximum absolute atomic E-state index is 12.9. The van der Waals surface area contributed by atoms with E-state index in [9.17, 15) is 22.4 Å². The summed E-state index contributed by atoms with van der Waals surface area (Å²) < 4.78 is 48.2. The van der Waals surface area contributed by atoms with Crippen LogP contribution in [-0.2, 0) is 0 Å². The molecule has 7 heteroatoms. The van der Waals surface area contributed by atoms with Crippen LogP contribution in [0, 0.1) is 5.95 Å². The second-order valence-electron chi connectivity index (χ2n) is 2.96. The normalized spacial score (nSPS) is 11.2. The van der Waals surface area contributed by atoms with Gasteiger partial charge in [-0.2, -0.15) is 17.6 Å². The monoisotopic (exact) mass is 236 g/mol. The standard InChI is InChI=1S/C9H8F4N2O/c10-7-6(2-1-4-14-7)8(16)15-5-3-9(11,12)13/h1-2,4H,3,5H2,(H,15,16). The molecule has 0 aliphatic rings. The molecule has 0 unspecified atom stereocenters. The van der Waals surface area contributed by atoms with Crippen LogP contribution < -0.4 is 5.32 Å². The quantitative estimate of drug-likeness (QED) is 0.643. The zero-order valence-corrected chi connectivity index (χ0v) is 8.01. The zero-order chi connectivity index (χ0) is 12.2. The lowest BCUT2D eigenvalue weighted by atomic mass is 10.2. The SMILES string of the molecule is O=C(NCCC(F)(F)F)c1cccnc1F. The third-order valence-electron chi connectivity index (χ3n) is 1.70. The molecule has 0 fully saturated rings. The van der Waals surface area contributed by atoms with Crippen LogP contribution in [0.3, 0.4) is 0 Å². The number of nitrogens with one attached hydrogen (secondary N) is 1.